The van der Waals surface area contributed by atoms with Gasteiger partial charge in [0.1, 0.15) is 11.6 Å². The number of aliphatic carboxylic acids is 1. The molecular formula is C13H14N2O5. The molecular weight excluding hydrogens is 264 g/mol. The van der Waals surface area contributed by atoms with Crippen molar-refractivity contribution in [2.75, 3.05) is 0 Å². The van der Waals surface area contributed by atoms with E-state index in [1.54, 1.807) is 0 Å². The topological polar surface area (TPSA) is 116 Å². The molecule has 1 aromatic rings. The number of rotatable bonds is 3. The van der Waals surface area contributed by atoms with Crippen molar-refractivity contribution in [2.24, 2.45) is 0 Å². The molecule has 0 saturated carbocycles. The molecule has 0 unspecified atom stereocenters. The molecule has 20 heavy (non-hydrogen) atoms. The number of carbonyl (C=O) groups is 3. The molecule has 7 nitrogen and oxygen atoms in total. The van der Waals surface area contributed by atoms with Crippen LogP contribution >= 0.6 is 0 Å². The van der Waals surface area contributed by atoms with E-state index in [4.69, 9.17) is 5.11 Å². The van der Waals surface area contributed by atoms with Crippen LogP contribution in [0.2, 0.25) is 0 Å². The van der Waals surface area contributed by atoms with Crippen LogP contribution in [0.1, 0.15) is 46.2 Å². The second-order valence-corrected chi connectivity index (χ2v) is 4.71. The molecule has 3 N–H and O–H groups in total. The normalized spacial score (nSPS) is 15.3. The van der Waals surface area contributed by atoms with E-state index in [1.807, 2.05) is 0 Å². The second kappa shape index (κ2) is 5.28. The minimum atomic E-state index is -1.20. The van der Waals surface area contributed by atoms with Gasteiger partial charge in [-0.25, -0.2) is 0 Å². The van der Waals surface area contributed by atoms with Gasteiger partial charge in [0.15, 0.2) is 5.78 Å². The summed E-state index contributed by atoms with van der Waals surface area (Å²) < 4.78 is 0. The highest BCUT2D eigenvalue weighted by molar-refractivity contribution is 6.02. The van der Waals surface area contributed by atoms with Gasteiger partial charge < -0.3 is 15.4 Å². The number of carbonyl (C=O) groups excluding carboxylic acids is 2. The van der Waals surface area contributed by atoms with Crippen LogP contribution in [0.15, 0.2) is 10.9 Å². The van der Waals surface area contributed by atoms with Crippen molar-refractivity contribution in [3.63, 3.8) is 0 Å². The molecule has 1 atom stereocenters. The number of amides is 1. The highest BCUT2D eigenvalue weighted by Crippen LogP contribution is 2.18. The Labute approximate surface area is 114 Å². The van der Waals surface area contributed by atoms with Crippen LogP contribution in [0, 0.1) is 0 Å². The highest BCUT2D eigenvalue weighted by atomic mass is 16.4. The highest BCUT2D eigenvalue weighted by Gasteiger charge is 2.23. The molecule has 0 bridgehead atoms. The number of hydrogen-bond acceptors (Lipinski definition) is 4. The fraction of sp³-hybridized carbons (Fsp3) is 0.385. The van der Waals surface area contributed by atoms with Crippen molar-refractivity contribution < 1.29 is 19.5 Å². The summed E-state index contributed by atoms with van der Waals surface area (Å²) in [7, 11) is 0. The van der Waals surface area contributed by atoms with Crippen molar-refractivity contribution in [3.8, 4) is 0 Å². The first kappa shape index (κ1) is 14.0. The zero-order chi connectivity index (χ0) is 14.9. The Bertz CT molecular complexity index is 647. The number of pyridine rings is 1. The second-order valence-electron chi connectivity index (χ2n) is 4.71. The third kappa shape index (κ3) is 2.61. The fourth-order valence-electron chi connectivity index (χ4n) is 2.08. The molecule has 1 heterocycles. The number of aromatic nitrogens is 1. The summed E-state index contributed by atoms with van der Waals surface area (Å²) in [6.45, 7) is 1.29. The summed E-state index contributed by atoms with van der Waals surface area (Å²) in [4.78, 5) is 48.6. The van der Waals surface area contributed by atoms with Crippen LogP contribution in [0.5, 0.6) is 0 Å². The number of carboxylic acid groups (broad SMARTS) is 1. The fourth-order valence-corrected chi connectivity index (χ4v) is 2.08. The van der Waals surface area contributed by atoms with Crippen molar-refractivity contribution in [3.05, 3.63) is 33.2 Å². The number of H-pyrrole nitrogens is 1. The summed E-state index contributed by atoms with van der Waals surface area (Å²) in [6, 6.07) is 0.133. The van der Waals surface area contributed by atoms with E-state index in [2.05, 4.69) is 10.3 Å². The van der Waals surface area contributed by atoms with Crippen LogP contribution in [0.3, 0.4) is 0 Å². The summed E-state index contributed by atoms with van der Waals surface area (Å²) in [6.07, 6.45) is 1.64. The lowest BCUT2D eigenvalue weighted by molar-refractivity contribution is -0.138. The standard InChI is InChI=1S/C13H14N2O5/c1-6(13(19)20)14-11(17)8-5-7-9(15-12(8)18)3-2-4-10(7)16/h5-6H,2-4H2,1H3,(H,14,17)(H,15,18)(H,19,20)/t6-/m0/s1. The van der Waals surface area contributed by atoms with E-state index in [-0.39, 0.29) is 11.3 Å². The lowest BCUT2D eigenvalue weighted by atomic mass is 9.93. The van der Waals surface area contributed by atoms with Gasteiger partial charge in [-0.15, -0.1) is 0 Å². The van der Waals surface area contributed by atoms with E-state index in [1.165, 1.54) is 13.0 Å². The monoisotopic (exact) mass is 278 g/mol. The first-order chi connectivity index (χ1) is 9.40. The van der Waals surface area contributed by atoms with Gasteiger partial charge in [-0.2, -0.15) is 0 Å². The third-order valence-electron chi connectivity index (χ3n) is 3.22. The van der Waals surface area contributed by atoms with E-state index in [0.29, 0.717) is 30.5 Å². The summed E-state index contributed by atoms with van der Waals surface area (Å²) in [5.41, 5.74) is 0.0127. The molecule has 1 amide bonds. The first-order valence-corrected chi connectivity index (χ1v) is 6.23. The number of aromatic amines is 1. The van der Waals surface area contributed by atoms with Crippen molar-refractivity contribution in [2.45, 2.75) is 32.2 Å². The molecule has 0 spiro atoms. The molecule has 7 heteroatoms. The largest absolute Gasteiger partial charge is 0.480 e. The predicted molar refractivity (Wildman–Crippen MR) is 68.9 cm³/mol. The number of ketones is 1. The molecule has 1 aromatic heterocycles. The van der Waals surface area contributed by atoms with Crippen LogP contribution < -0.4 is 10.9 Å². The predicted octanol–water partition coefficient (Wildman–Crippen LogP) is 0.0968. The van der Waals surface area contributed by atoms with E-state index in [9.17, 15) is 19.2 Å². The molecule has 2 rings (SSSR count). The molecule has 0 aromatic carbocycles. The number of aryl methyl sites for hydroxylation is 1. The molecule has 0 saturated heterocycles. The van der Waals surface area contributed by atoms with E-state index in [0.717, 1.165) is 0 Å². The van der Waals surface area contributed by atoms with E-state index < -0.39 is 23.5 Å². The Morgan fingerprint density at radius 3 is 2.70 bits per heavy atom. The number of nitrogens with one attached hydrogen (secondary N) is 2. The average molecular weight is 278 g/mol. The smallest absolute Gasteiger partial charge is 0.325 e. The zero-order valence-electron chi connectivity index (χ0n) is 10.9. The third-order valence-corrected chi connectivity index (χ3v) is 3.22. The minimum absolute atomic E-state index is 0.122. The van der Waals surface area contributed by atoms with Gasteiger partial charge in [0.05, 0.1) is 0 Å². The Balaban J connectivity index is 2.35. The molecule has 1 aliphatic carbocycles. The lowest BCUT2D eigenvalue weighted by Crippen LogP contribution is -2.40. The Kier molecular flexibility index (Phi) is 3.69. The van der Waals surface area contributed by atoms with Gasteiger partial charge in [0.25, 0.3) is 11.5 Å². The van der Waals surface area contributed by atoms with Crippen LogP contribution in [0.25, 0.3) is 0 Å². The molecule has 0 aliphatic heterocycles. The van der Waals surface area contributed by atoms with Gasteiger partial charge in [-0.05, 0) is 25.8 Å². The maximum absolute atomic E-state index is 11.9. The Morgan fingerprint density at radius 1 is 1.35 bits per heavy atom. The van der Waals surface area contributed by atoms with Gasteiger partial charge in [0, 0.05) is 17.7 Å². The maximum Gasteiger partial charge on any atom is 0.325 e. The Hall–Kier alpha value is -2.44. The van der Waals surface area contributed by atoms with Gasteiger partial charge in [-0.1, -0.05) is 0 Å². The van der Waals surface area contributed by atoms with Crippen LogP contribution in [0.4, 0.5) is 0 Å². The minimum Gasteiger partial charge on any atom is -0.480 e. The summed E-state index contributed by atoms with van der Waals surface area (Å²) >= 11 is 0. The first-order valence-electron chi connectivity index (χ1n) is 6.23. The zero-order valence-corrected chi connectivity index (χ0v) is 10.9. The molecule has 106 valence electrons. The number of hydrogen-bond donors (Lipinski definition) is 3. The number of fused-ring (bicyclic) bond motifs is 1. The van der Waals surface area contributed by atoms with Crippen LogP contribution in [-0.4, -0.2) is 33.8 Å². The number of Topliss-reactive ketones (excluding diaryl/α,β-unsaturated/α-hetero) is 1. The van der Waals surface area contributed by atoms with Crippen LogP contribution in [-0.2, 0) is 11.2 Å². The number of carboxylic acids is 1. The summed E-state index contributed by atoms with van der Waals surface area (Å²) in [5, 5.41) is 10.9. The van der Waals surface area contributed by atoms with Crippen molar-refractivity contribution in [1.29, 1.82) is 0 Å². The molecule has 0 radical (unpaired) electrons. The summed E-state index contributed by atoms with van der Waals surface area (Å²) in [5.74, 6) is -2.13. The maximum atomic E-state index is 11.9. The van der Waals surface area contributed by atoms with Gasteiger partial charge in [0.2, 0.25) is 0 Å². The molecule has 1 aliphatic rings. The van der Waals surface area contributed by atoms with Gasteiger partial charge in [-0.3, -0.25) is 19.2 Å². The van der Waals surface area contributed by atoms with Crippen molar-refractivity contribution >= 4 is 17.7 Å². The quantitative estimate of drug-likeness (QED) is 0.725. The SMILES string of the molecule is C[C@H](NC(=O)c1cc2c([nH]c1=O)CCCC2=O)C(=O)O. The average Bonchev–Trinajstić information content (AvgIpc) is 2.38. The Morgan fingerprint density at radius 2 is 2.05 bits per heavy atom. The van der Waals surface area contributed by atoms with Crippen molar-refractivity contribution in [1.82, 2.24) is 10.3 Å². The molecule has 0 fully saturated rings. The van der Waals surface area contributed by atoms with E-state index >= 15 is 0 Å². The lowest BCUT2D eigenvalue weighted by Gasteiger charge is -2.15. The van der Waals surface area contributed by atoms with Gasteiger partial charge >= 0.3 is 5.97 Å².